The van der Waals surface area contributed by atoms with Gasteiger partial charge in [0.1, 0.15) is 24.2 Å². The maximum absolute atomic E-state index is 13.1. The first-order chi connectivity index (χ1) is 17.5. The van der Waals surface area contributed by atoms with Gasteiger partial charge in [0.2, 0.25) is 23.6 Å². The third-order valence-corrected chi connectivity index (χ3v) is 5.61. The van der Waals surface area contributed by atoms with E-state index in [4.69, 9.17) is 17.2 Å². The molecule has 5 unspecified atom stereocenters. The number of amides is 4. The van der Waals surface area contributed by atoms with E-state index < -0.39 is 59.9 Å². The van der Waals surface area contributed by atoms with Crippen molar-refractivity contribution in [3.05, 3.63) is 35.9 Å². The number of rotatable bonds is 17. The highest BCUT2D eigenvalue weighted by molar-refractivity contribution is 5.94. The Morgan fingerprint density at radius 3 is 1.92 bits per heavy atom. The van der Waals surface area contributed by atoms with Crippen LogP contribution >= 0.6 is 0 Å². The Balaban J connectivity index is 3.04. The fourth-order valence-corrected chi connectivity index (χ4v) is 3.40. The number of aliphatic carboxylic acids is 1. The molecule has 13 nitrogen and oxygen atoms in total. The van der Waals surface area contributed by atoms with Crippen molar-refractivity contribution in [3.63, 3.8) is 0 Å². The van der Waals surface area contributed by atoms with Gasteiger partial charge in [0.15, 0.2) is 0 Å². The smallest absolute Gasteiger partial charge is 0.326 e. The van der Waals surface area contributed by atoms with E-state index in [2.05, 4.69) is 16.0 Å². The number of hydrogen-bond donors (Lipinski definition) is 8. The van der Waals surface area contributed by atoms with Crippen LogP contribution in [0.3, 0.4) is 0 Å². The molecular formula is C24H38N6O7. The van der Waals surface area contributed by atoms with Gasteiger partial charge in [-0.3, -0.25) is 19.2 Å². The van der Waals surface area contributed by atoms with Gasteiger partial charge >= 0.3 is 5.97 Å². The normalized spacial score (nSPS) is 14.9. The maximum Gasteiger partial charge on any atom is 0.326 e. The first kappa shape index (κ1) is 31.5. The van der Waals surface area contributed by atoms with Gasteiger partial charge < -0.3 is 43.4 Å². The second-order valence-electron chi connectivity index (χ2n) is 8.77. The van der Waals surface area contributed by atoms with E-state index in [-0.39, 0.29) is 25.7 Å². The highest BCUT2D eigenvalue weighted by Gasteiger charge is 2.31. The van der Waals surface area contributed by atoms with Gasteiger partial charge in [0, 0.05) is 12.8 Å². The van der Waals surface area contributed by atoms with Gasteiger partial charge in [0.25, 0.3) is 0 Å². The van der Waals surface area contributed by atoms with Gasteiger partial charge in [-0.05, 0) is 44.7 Å². The van der Waals surface area contributed by atoms with E-state index in [9.17, 15) is 34.2 Å². The van der Waals surface area contributed by atoms with Crippen LogP contribution in [0.5, 0.6) is 0 Å². The minimum Gasteiger partial charge on any atom is -0.480 e. The maximum atomic E-state index is 13.1. The third-order valence-electron chi connectivity index (χ3n) is 5.61. The molecule has 4 amide bonds. The molecule has 0 saturated heterocycles. The number of carbonyl (C=O) groups excluding carboxylic acids is 4. The van der Waals surface area contributed by atoms with Crippen molar-refractivity contribution in [3.8, 4) is 0 Å². The number of nitrogens with two attached hydrogens (primary N) is 3. The first-order valence-corrected chi connectivity index (χ1v) is 12.1. The van der Waals surface area contributed by atoms with E-state index in [0.717, 1.165) is 0 Å². The van der Waals surface area contributed by atoms with Gasteiger partial charge in [-0.25, -0.2) is 4.79 Å². The summed E-state index contributed by atoms with van der Waals surface area (Å²) in [6.07, 6.45) is -0.441. The predicted molar refractivity (Wildman–Crippen MR) is 135 cm³/mol. The number of aliphatic hydroxyl groups is 1. The first-order valence-electron chi connectivity index (χ1n) is 12.1. The zero-order chi connectivity index (χ0) is 28.0. The van der Waals surface area contributed by atoms with Gasteiger partial charge in [0.05, 0.1) is 6.10 Å². The lowest BCUT2D eigenvalue weighted by Gasteiger charge is -2.25. The van der Waals surface area contributed by atoms with Crippen molar-refractivity contribution < 1.29 is 34.2 Å². The molecule has 11 N–H and O–H groups in total. The summed E-state index contributed by atoms with van der Waals surface area (Å²) in [5.74, 6) is -4.32. The van der Waals surface area contributed by atoms with Crippen LogP contribution in [0.1, 0.15) is 44.6 Å². The van der Waals surface area contributed by atoms with Gasteiger partial charge in [-0.2, -0.15) is 0 Å². The zero-order valence-corrected chi connectivity index (χ0v) is 20.9. The minimum absolute atomic E-state index is 0.0277. The Hall–Kier alpha value is -3.55. The molecule has 13 heteroatoms. The number of benzene rings is 1. The van der Waals surface area contributed by atoms with Crippen molar-refractivity contribution in [2.45, 2.75) is 75.7 Å². The lowest BCUT2D eigenvalue weighted by atomic mass is 10.0. The molecule has 5 atom stereocenters. The van der Waals surface area contributed by atoms with E-state index in [1.165, 1.54) is 6.92 Å². The number of hydrogen-bond acceptors (Lipinski definition) is 8. The lowest BCUT2D eigenvalue weighted by molar-refractivity contribution is -0.142. The SMILES string of the molecule is CC(O)C(N)C(=O)NC(CCC(N)=O)C(=O)NC(CCCCN)C(=O)NC(Cc1ccccc1)C(=O)O. The molecular weight excluding hydrogens is 484 g/mol. The Kier molecular flexibility index (Phi) is 13.8. The molecule has 37 heavy (non-hydrogen) atoms. The van der Waals surface area contributed by atoms with Crippen molar-refractivity contribution in [1.82, 2.24) is 16.0 Å². The third kappa shape index (κ3) is 11.8. The molecule has 206 valence electrons. The standard InChI is InChI=1S/C24H38N6O7/c1-14(31)20(27)23(35)29-17(10-11-19(26)32)22(34)28-16(9-5-6-12-25)21(33)30-18(24(36)37)13-15-7-3-2-4-8-15/h2-4,7-8,14,16-18,20,31H,5-6,9-13,25,27H2,1H3,(H2,26,32)(H,28,34)(H,29,35)(H,30,33)(H,36,37). The molecule has 0 aliphatic heterocycles. The minimum atomic E-state index is -1.33. The zero-order valence-electron chi connectivity index (χ0n) is 20.9. The molecule has 0 aromatic heterocycles. The van der Waals surface area contributed by atoms with Crippen LogP contribution in [0, 0.1) is 0 Å². The summed E-state index contributed by atoms with van der Waals surface area (Å²) < 4.78 is 0. The highest BCUT2D eigenvalue weighted by Crippen LogP contribution is 2.08. The molecule has 1 rings (SSSR count). The summed E-state index contributed by atoms with van der Waals surface area (Å²) in [6.45, 7) is 1.65. The number of carbonyl (C=O) groups is 5. The number of primary amides is 1. The van der Waals surface area contributed by atoms with E-state index in [0.29, 0.717) is 24.9 Å². The monoisotopic (exact) mass is 522 g/mol. The average Bonchev–Trinajstić information content (AvgIpc) is 2.85. The number of carboxylic acid groups (broad SMARTS) is 1. The molecule has 0 radical (unpaired) electrons. The van der Waals surface area contributed by atoms with E-state index in [1.54, 1.807) is 30.3 Å². The number of aliphatic hydroxyl groups excluding tert-OH is 1. The molecule has 0 heterocycles. The summed E-state index contributed by atoms with van der Waals surface area (Å²) >= 11 is 0. The molecule has 0 aliphatic rings. The number of nitrogens with one attached hydrogen (secondary N) is 3. The number of carboxylic acids is 1. The van der Waals surface area contributed by atoms with Crippen molar-refractivity contribution in [2.75, 3.05) is 6.54 Å². The van der Waals surface area contributed by atoms with Crippen LogP contribution in [0.2, 0.25) is 0 Å². The molecule has 0 bridgehead atoms. The van der Waals surface area contributed by atoms with Gasteiger partial charge in [-0.15, -0.1) is 0 Å². The lowest BCUT2D eigenvalue weighted by Crippen LogP contribution is -2.58. The summed E-state index contributed by atoms with van der Waals surface area (Å²) in [7, 11) is 0. The summed E-state index contributed by atoms with van der Waals surface area (Å²) in [6, 6.07) is 3.72. The van der Waals surface area contributed by atoms with Crippen LogP contribution in [0.25, 0.3) is 0 Å². The second kappa shape index (κ2) is 16.2. The molecule has 0 fully saturated rings. The van der Waals surface area contributed by atoms with Gasteiger partial charge in [-0.1, -0.05) is 30.3 Å². The second-order valence-corrected chi connectivity index (χ2v) is 8.77. The molecule has 0 aliphatic carbocycles. The predicted octanol–water partition coefficient (Wildman–Crippen LogP) is -2.13. The van der Waals surface area contributed by atoms with Crippen LogP contribution in [-0.2, 0) is 30.4 Å². The molecule has 1 aromatic rings. The summed E-state index contributed by atoms with van der Waals surface area (Å²) in [5.41, 5.74) is 17.0. The van der Waals surface area contributed by atoms with Crippen molar-refractivity contribution in [2.24, 2.45) is 17.2 Å². The van der Waals surface area contributed by atoms with Crippen LogP contribution < -0.4 is 33.2 Å². The van der Waals surface area contributed by atoms with Crippen molar-refractivity contribution >= 4 is 29.6 Å². The summed E-state index contributed by atoms with van der Waals surface area (Å²) in [5, 5.41) is 26.5. The Morgan fingerprint density at radius 1 is 0.865 bits per heavy atom. The molecule has 1 aromatic carbocycles. The van der Waals surface area contributed by atoms with E-state index in [1.807, 2.05) is 0 Å². The van der Waals surface area contributed by atoms with E-state index >= 15 is 0 Å². The van der Waals surface area contributed by atoms with Crippen molar-refractivity contribution in [1.29, 1.82) is 0 Å². The van der Waals surface area contributed by atoms with Crippen LogP contribution in [0.15, 0.2) is 30.3 Å². The quantitative estimate of drug-likeness (QED) is 0.104. The largest absolute Gasteiger partial charge is 0.480 e. The van der Waals surface area contributed by atoms with Crippen LogP contribution in [-0.4, -0.2) is 76.6 Å². The Labute approximate surface area is 215 Å². The number of unbranched alkanes of at least 4 members (excludes halogenated alkanes) is 1. The average molecular weight is 523 g/mol. The molecule has 0 spiro atoms. The molecule has 0 saturated carbocycles. The topological polar surface area (TPSA) is 240 Å². The Morgan fingerprint density at radius 2 is 1.41 bits per heavy atom. The fourth-order valence-electron chi connectivity index (χ4n) is 3.40. The highest BCUT2D eigenvalue weighted by atomic mass is 16.4. The fraction of sp³-hybridized carbons (Fsp3) is 0.542. The Bertz CT molecular complexity index is 912. The van der Waals surface area contributed by atoms with Crippen LogP contribution in [0.4, 0.5) is 0 Å². The summed E-state index contributed by atoms with van der Waals surface area (Å²) in [4.78, 5) is 61.5.